The summed E-state index contributed by atoms with van der Waals surface area (Å²) < 4.78 is 37.4. The van der Waals surface area contributed by atoms with E-state index in [1.165, 1.54) is 12.1 Å². The van der Waals surface area contributed by atoms with Crippen molar-refractivity contribution in [2.45, 2.75) is 39.2 Å². The lowest BCUT2D eigenvalue weighted by molar-refractivity contribution is 0.487. The van der Waals surface area contributed by atoms with Crippen LogP contribution in [0, 0.1) is 5.82 Å². The first kappa shape index (κ1) is 18.6. The molecule has 1 atom stereocenters. The van der Waals surface area contributed by atoms with Crippen molar-refractivity contribution in [3.63, 3.8) is 0 Å². The van der Waals surface area contributed by atoms with Crippen molar-refractivity contribution in [2.24, 2.45) is 0 Å². The highest BCUT2D eigenvalue weighted by molar-refractivity contribution is 9.10. The van der Waals surface area contributed by atoms with E-state index in [-0.39, 0.29) is 23.4 Å². The number of halogens is 2. The van der Waals surface area contributed by atoms with Crippen LogP contribution in [-0.4, -0.2) is 26.5 Å². The molecular weight excluding hydrogens is 357 g/mol. The smallest absolute Gasteiger partial charge is 0.150 e. The second-order valence-electron chi connectivity index (χ2n) is 5.05. The standard InChI is InChI=1S/C15H23BrFNO2S/c1-3-9-18-15(6-5-10-21(19,20)4-2)13-11-12(17)7-8-14(13)16/h7-8,11,15,18H,3-6,9-10H2,1-2H3. The van der Waals surface area contributed by atoms with Gasteiger partial charge in [0, 0.05) is 16.3 Å². The van der Waals surface area contributed by atoms with Crippen LogP contribution >= 0.6 is 15.9 Å². The SMILES string of the molecule is CCCNC(CCCS(=O)(=O)CC)c1cc(F)ccc1Br. The molecule has 0 aliphatic heterocycles. The summed E-state index contributed by atoms with van der Waals surface area (Å²) in [5.74, 6) is 0.0717. The fourth-order valence-corrected chi connectivity index (χ4v) is 3.54. The summed E-state index contributed by atoms with van der Waals surface area (Å²) >= 11 is 3.44. The number of hydrogen-bond acceptors (Lipinski definition) is 3. The Morgan fingerprint density at radius 2 is 2.05 bits per heavy atom. The Hall–Kier alpha value is -0.460. The largest absolute Gasteiger partial charge is 0.310 e. The van der Waals surface area contributed by atoms with Gasteiger partial charge in [-0.25, -0.2) is 12.8 Å². The van der Waals surface area contributed by atoms with Crippen LogP contribution in [0.5, 0.6) is 0 Å². The molecule has 0 radical (unpaired) electrons. The molecule has 0 amide bonds. The summed E-state index contributed by atoms with van der Waals surface area (Å²) in [5.41, 5.74) is 0.845. The Balaban J connectivity index is 2.78. The summed E-state index contributed by atoms with van der Waals surface area (Å²) in [6.07, 6.45) is 2.21. The van der Waals surface area contributed by atoms with Gasteiger partial charge in [-0.15, -0.1) is 0 Å². The molecule has 1 unspecified atom stereocenters. The maximum absolute atomic E-state index is 13.5. The van der Waals surface area contributed by atoms with Crippen molar-refractivity contribution >= 4 is 25.8 Å². The molecule has 0 fully saturated rings. The van der Waals surface area contributed by atoms with Crippen LogP contribution in [0.4, 0.5) is 4.39 Å². The predicted octanol–water partition coefficient (Wildman–Crippen LogP) is 3.84. The molecule has 1 aromatic rings. The lowest BCUT2D eigenvalue weighted by Crippen LogP contribution is -2.23. The zero-order valence-electron chi connectivity index (χ0n) is 12.5. The third-order valence-electron chi connectivity index (χ3n) is 3.36. The highest BCUT2D eigenvalue weighted by Gasteiger charge is 2.16. The number of hydrogen-bond donors (Lipinski definition) is 1. The molecule has 0 saturated carbocycles. The van der Waals surface area contributed by atoms with Gasteiger partial charge in [-0.2, -0.15) is 0 Å². The zero-order chi connectivity index (χ0) is 15.9. The Bertz CT molecular complexity index is 549. The van der Waals surface area contributed by atoms with Gasteiger partial charge in [-0.3, -0.25) is 0 Å². The minimum absolute atomic E-state index is 0.0397. The molecular formula is C15H23BrFNO2S. The van der Waals surface area contributed by atoms with Gasteiger partial charge >= 0.3 is 0 Å². The fourth-order valence-electron chi connectivity index (χ4n) is 2.12. The van der Waals surface area contributed by atoms with Crippen LogP contribution in [0.2, 0.25) is 0 Å². The van der Waals surface area contributed by atoms with Crippen LogP contribution in [0.3, 0.4) is 0 Å². The van der Waals surface area contributed by atoms with E-state index in [9.17, 15) is 12.8 Å². The van der Waals surface area contributed by atoms with E-state index in [0.717, 1.165) is 23.0 Å². The molecule has 0 aliphatic rings. The third kappa shape index (κ3) is 6.45. The molecule has 120 valence electrons. The molecule has 1 aromatic carbocycles. The molecule has 3 nitrogen and oxygen atoms in total. The van der Waals surface area contributed by atoms with Crippen molar-refractivity contribution in [2.75, 3.05) is 18.1 Å². The highest BCUT2D eigenvalue weighted by Crippen LogP contribution is 2.27. The topological polar surface area (TPSA) is 46.2 Å². The first-order valence-corrected chi connectivity index (χ1v) is 9.89. The second-order valence-corrected chi connectivity index (χ2v) is 8.38. The lowest BCUT2D eigenvalue weighted by atomic mass is 10.0. The van der Waals surface area contributed by atoms with Crippen molar-refractivity contribution in [1.29, 1.82) is 0 Å². The minimum Gasteiger partial charge on any atom is -0.310 e. The molecule has 0 aliphatic carbocycles. The molecule has 0 aromatic heterocycles. The third-order valence-corrected chi connectivity index (χ3v) is 5.87. The first-order chi connectivity index (χ1) is 9.89. The van der Waals surface area contributed by atoms with Gasteiger partial charge in [0.25, 0.3) is 0 Å². The molecule has 0 saturated heterocycles. The predicted molar refractivity (Wildman–Crippen MR) is 88.7 cm³/mol. The van der Waals surface area contributed by atoms with Crippen molar-refractivity contribution in [3.05, 3.63) is 34.1 Å². The van der Waals surface area contributed by atoms with Crippen molar-refractivity contribution in [1.82, 2.24) is 5.32 Å². The molecule has 0 bridgehead atoms. The number of rotatable bonds is 9. The van der Waals surface area contributed by atoms with Crippen LogP contribution in [0.15, 0.2) is 22.7 Å². The maximum Gasteiger partial charge on any atom is 0.150 e. The average Bonchev–Trinajstić information content (AvgIpc) is 2.45. The van der Waals surface area contributed by atoms with Gasteiger partial charge in [0.1, 0.15) is 15.7 Å². The Labute approximate surface area is 135 Å². The van der Waals surface area contributed by atoms with E-state index < -0.39 is 9.84 Å². The van der Waals surface area contributed by atoms with Gasteiger partial charge < -0.3 is 5.32 Å². The van der Waals surface area contributed by atoms with Crippen LogP contribution in [0.25, 0.3) is 0 Å². The summed E-state index contributed by atoms with van der Waals surface area (Å²) in [7, 11) is -2.95. The zero-order valence-corrected chi connectivity index (χ0v) is 14.9. The summed E-state index contributed by atoms with van der Waals surface area (Å²) in [6, 6.07) is 4.56. The van der Waals surface area contributed by atoms with Crippen LogP contribution < -0.4 is 5.32 Å². The average molecular weight is 380 g/mol. The minimum atomic E-state index is -2.95. The number of benzene rings is 1. The molecule has 6 heteroatoms. The summed E-state index contributed by atoms with van der Waals surface area (Å²) in [6.45, 7) is 4.53. The van der Waals surface area contributed by atoms with Gasteiger partial charge in [-0.1, -0.05) is 29.8 Å². The van der Waals surface area contributed by atoms with E-state index >= 15 is 0 Å². The van der Waals surface area contributed by atoms with Gasteiger partial charge in [0.05, 0.1) is 5.75 Å². The quantitative estimate of drug-likeness (QED) is 0.708. The molecule has 1 rings (SSSR count). The maximum atomic E-state index is 13.5. The Kier molecular flexibility index (Phi) is 7.84. The van der Waals surface area contributed by atoms with Crippen molar-refractivity contribution in [3.8, 4) is 0 Å². The second kappa shape index (κ2) is 8.86. The molecule has 21 heavy (non-hydrogen) atoms. The van der Waals surface area contributed by atoms with Crippen molar-refractivity contribution < 1.29 is 12.8 Å². The lowest BCUT2D eigenvalue weighted by Gasteiger charge is -2.20. The monoisotopic (exact) mass is 379 g/mol. The molecule has 1 N–H and O–H groups in total. The fraction of sp³-hybridized carbons (Fsp3) is 0.600. The molecule has 0 spiro atoms. The van der Waals surface area contributed by atoms with E-state index in [0.29, 0.717) is 12.8 Å². The summed E-state index contributed by atoms with van der Waals surface area (Å²) in [5, 5.41) is 3.37. The number of nitrogens with one attached hydrogen (secondary N) is 1. The van der Waals surface area contributed by atoms with E-state index in [1.54, 1.807) is 13.0 Å². The normalized spacial score (nSPS) is 13.3. The van der Waals surface area contributed by atoms with E-state index in [4.69, 9.17) is 0 Å². The van der Waals surface area contributed by atoms with Gasteiger partial charge in [-0.05, 0) is 49.6 Å². The van der Waals surface area contributed by atoms with Gasteiger partial charge in [0.15, 0.2) is 0 Å². The Morgan fingerprint density at radius 3 is 2.67 bits per heavy atom. The van der Waals surface area contributed by atoms with E-state index in [1.807, 2.05) is 0 Å². The van der Waals surface area contributed by atoms with Gasteiger partial charge in [0.2, 0.25) is 0 Å². The Morgan fingerprint density at radius 1 is 1.33 bits per heavy atom. The molecule has 0 heterocycles. The first-order valence-electron chi connectivity index (χ1n) is 7.28. The van der Waals surface area contributed by atoms with E-state index in [2.05, 4.69) is 28.2 Å². The highest BCUT2D eigenvalue weighted by atomic mass is 79.9. The van der Waals surface area contributed by atoms with Crippen LogP contribution in [0.1, 0.15) is 44.7 Å². The number of sulfone groups is 1. The van der Waals surface area contributed by atoms with Crippen LogP contribution in [-0.2, 0) is 9.84 Å². The summed E-state index contributed by atoms with van der Waals surface area (Å²) in [4.78, 5) is 0.